The van der Waals surface area contributed by atoms with E-state index in [1.807, 2.05) is 14.0 Å². The first-order chi connectivity index (χ1) is 11.8. The normalized spacial score (nSPS) is 25.2. The van der Waals surface area contributed by atoms with Gasteiger partial charge in [-0.05, 0) is 26.2 Å². The Labute approximate surface area is 148 Å². The van der Waals surface area contributed by atoms with Gasteiger partial charge in [-0.2, -0.15) is 0 Å². The second kappa shape index (κ2) is 8.78. The number of rotatable bonds is 5. The minimum atomic E-state index is 0.165. The third-order valence-electron chi connectivity index (χ3n) is 4.50. The Balaban J connectivity index is 1.43. The van der Waals surface area contributed by atoms with Crippen LogP contribution in [0.2, 0.25) is 0 Å². The van der Waals surface area contributed by atoms with E-state index in [2.05, 4.69) is 25.6 Å². The van der Waals surface area contributed by atoms with E-state index in [1.54, 1.807) is 11.3 Å². The molecule has 0 amide bonds. The molecule has 6 nitrogen and oxygen atoms in total. The van der Waals surface area contributed by atoms with E-state index in [4.69, 9.17) is 9.47 Å². The summed E-state index contributed by atoms with van der Waals surface area (Å²) in [6.45, 7) is 6.30. The van der Waals surface area contributed by atoms with Crippen LogP contribution in [0.25, 0.3) is 0 Å². The SMILES string of the molecule is CN=C(NCCCc1nc(C)cs1)N1CCOC(C2CCCO2)C1. The third-order valence-corrected chi connectivity index (χ3v) is 5.53. The molecule has 0 bridgehead atoms. The number of hydrogen-bond donors (Lipinski definition) is 1. The van der Waals surface area contributed by atoms with Gasteiger partial charge in [-0.25, -0.2) is 4.98 Å². The van der Waals surface area contributed by atoms with Gasteiger partial charge in [0.25, 0.3) is 0 Å². The van der Waals surface area contributed by atoms with Crippen LogP contribution < -0.4 is 5.32 Å². The molecule has 2 unspecified atom stereocenters. The molecule has 0 spiro atoms. The molecule has 24 heavy (non-hydrogen) atoms. The van der Waals surface area contributed by atoms with E-state index >= 15 is 0 Å². The summed E-state index contributed by atoms with van der Waals surface area (Å²) in [7, 11) is 1.85. The van der Waals surface area contributed by atoms with Gasteiger partial charge in [0.2, 0.25) is 0 Å². The number of aliphatic imine (C=N–C) groups is 1. The van der Waals surface area contributed by atoms with Crippen LogP contribution in [-0.4, -0.2) is 67.9 Å². The van der Waals surface area contributed by atoms with Crippen molar-refractivity contribution in [3.05, 3.63) is 16.1 Å². The highest BCUT2D eigenvalue weighted by Gasteiger charge is 2.32. The molecule has 2 aliphatic heterocycles. The number of nitrogens with zero attached hydrogens (tertiary/aromatic N) is 3. The highest BCUT2D eigenvalue weighted by atomic mass is 32.1. The number of hydrogen-bond acceptors (Lipinski definition) is 5. The van der Waals surface area contributed by atoms with Gasteiger partial charge in [-0.1, -0.05) is 0 Å². The minimum Gasteiger partial charge on any atom is -0.375 e. The molecule has 1 aromatic heterocycles. The monoisotopic (exact) mass is 352 g/mol. The smallest absolute Gasteiger partial charge is 0.193 e. The summed E-state index contributed by atoms with van der Waals surface area (Å²) in [4.78, 5) is 11.2. The van der Waals surface area contributed by atoms with Crippen LogP contribution in [0.1, 0.15) is 30.0 Å². The van der Waals surface area contributed by atoms with Gasteiger partial charge < -0.3 is 19.7 Å². The number of thiazole rings is 1. The first-order valence-electron chi connectivity index (χ1n) is 8.86. The number of aryl methyl sites for hydroxylation is 2. The molecule has 3 rings (SSSR count). The van der Waals surface area contributed by atoms with Crippen LogP contribution in [0.4, 0.5) is 0 Å². The maximum atomic E-state index is 5.92. The Kier molecular flexibility index (Phi) is 6.45. The Morgan fingerprint density at radius 2 is 2.29 bits per heavy atom. The molecule has 134 valence electrons. The highest BCUT2D eigenvalue weighted by Crippen LogP contribution is 2.21. The maximum Gasteiger partial charge on any atom is 0.193 e. The molecule has 2 fully saturated rings. The van der Waals surface area contributed by atoms with Gasteiger partial charge in [-0.15, -0.1) is 11.3 Å². The lowest BCUT2D eigenvalue weighted by Gasteiger charge is -2.37. The van der Waals surface area contributed by atoms with Crippen molar-refractivity contribution in [3.63, 3.8) is 0 Å². The first-order valence-corrected chi connectivity index (χ1v) is 9.74. The molecule has 0 aliphatic carbocycles. The lowest BCUT2D eigenvalue weighted by Crippen LogP contribution is -2.53. The molecule has 2 atom stereocenters. The molecule has 7 heteroatoms. The quantitative estimate of drug-likeness (QED) is 0.498. The van der Waals surface area contributed by atoms with Crippen molar-refractivity contribution in [2.75, 3.05) is 39.9 Å². The van der Waals surface area contributed by atoms with E-state index in [9.17, 15) is 0 Å². The fourth-order valence-electron chi connectivity index (χ4n) is 3.28. The Bertz CT molecular complexity index is 542. The fraction of sp³-hybridized carbons (Fsp3) is 0.765. The lowest BCUT2D eigenvalue weighted by atomic mass is 10.1. The summed E-state index contributed by atoms with van der Waals surface area (Å²) in [6, 6.07) is 0. The van der Waals surface area contributed by atoms with Gasteiger partial charge in [0.15, 0.2) is 5.96 Å². The molecule has 2 aliphatic rings. The number of aromatic nitrogens is 1. The number of ether oxygens (including phenoxy) is 2. The van der Waals surface area contributed by atoms with E-state index in [-0.39, 0.29) is 12.2 Å². The van der Waals surface area contributed by atoms with Crippen molar-refractivity contribution in [3.8, 4) is 0 Å². The second-order valence-corrected chi connectivity index (χ2v) is 7.31. The van der Waals surface area contributed by atoms with Crippen molar-refractivity contribution >= 4 is 17.3 Å². The van der Waals surface area contributed by atoms with Gasteiger partial charge in [-0.3, -0.25) is 4.99 Å². The van der Waals surface area contributed by atoms with Crippen molar-refractivity contribution < 1.29 is 9.47 Å². The van der Waals surface area contributed by atoms with Gasteiger partial charge in [0.05, 0.1) is 17.7 Å². The molecular formula is C17H28N4O2S. The largest absolute Gasteiger partial charge is 0.375 e. The molecular weight excluding hydrogens is 324 g/mol. The summed E-state index contributed by atoms with van der Waals surface area (Å²) in [5, 5.41) is 6.81. The molecule has 1 aromatic rings. The van der Waals surface area contributed by atoms with Crippen LogP contribution in [0.5, 0.6) is 0 Å². The van der Waals surface area contributed by atoms with Crippen LogP contribution in [0.3, 0.4) is 0 Å². The summed E-state index contributed by atoms with van der Waals surface area (Å²) in [5.74, 6) is 0.969. The highest BCUT2D eigenvalue weighted by molar-refractivity contribution is 7.09. The average molecular weight is 353 g/mol. The Hall–Kier alpha value is -1.18. The van der Waals surface area contributed by atoms with E-state index in [1.165, 1.54) is 5.01 Å². The summed E-state index contributed by atoms with van der Waals surface area (Å²) >= 11 is 1.75. The van der Waals surface area contributed by atoms with Gasteiger partial charge in [0, 0.05) is 50.8 Å². The number of morpholine rings is 1. The molecule has 3 heterocycles. The van der Waals surface area contributed by atoms with Crippen molar-refractivity contribution in [1.82, 2.24) is 15.2 Å². The lowest BCUT2D eigenvalue weighted by molar-refractivity contribution is -0.0816. The average Bonchev–Trinajstić information content (AvgIpc) is 3.27. The maximum absolute atomic E-state index is 5.92. The van der Waals surface area contributed by atoms with Gasteiger partial charge >= 0.3 is 0 Å². The molecule has 1 N–H and O–H groups in total. The van der Waals surface area contributed by atoms with Crippen LogP contribution in [0.15, 0.2) is 10.4 Å². The summed E-state index contributed by atoms with van der Waals surface area (Å²) in [6.07, 6.45) is 4.75. The second-order valence-electron chi connectivity index (χ2n) is 6.37. The van der Waals surface area contributed by atoms with Crippen LogP contribution in [0, 0.1) is 6.92 Å². The van der Waals surface area contributed by atoms with E-state index in [0.717, 1.165) is 70.2 Å². The van der Waals surface area contributed by atoms with Crippen molar-refractivity contribution in [2.45, 2.75) is 44.8 Å². The fourth-order valence-corrected chi connectivity index (χ4v) is 4.10. The van der Waals surface area contributed by atoms with Crippen molar-refractivity contribution in [1.29, 1.82) is 0 Å². The van der Waals surface area contributed by atoms with Crippen LogP contribution in [-0.2, 0) is 15.9 Å². The Morgan fingerprint density at radius 3 is 3.00 bits per heavy atom. The molecule has 0 aromatic carbocycles. The Morgan fingerprint density at radius 1 is 1.42 bits per heavy atom. The van der Waals surface area contributed by atoms with Crippen LogP contribution >= 0.6 is 11.3 Å². The van der Waals surface area contributed by atoms with E-state index < -0.39 is 0 Å². The number of guanidine groups is 1. The molecule has 0 saturated carbocycles. The third kappa shape index (κ3) is 4.68. The van der Waals surface area contributed by atoms with Crippen molar-refractivity contribution in [2.24, 2.45) is 4.99 Å². The molecule has 2 saturated heterocycles. The zero-order valence-corrected chi connectivity index (χ0v) is 15.5. The standard InChI is InChI=1S/C17H28N4O2S/c1-13-12-24-16(20-13)6-3-7-19-17(18-2)21-8-10-23-15(11-21)14-5-4-9-22-14/h12,14-15H,3-11H2,1-2H3,(H,18,19). The predicted molar refractivity (Wildman–Crippen MR) is 96.8 cm³/mol. The zero-order valence-electron chi connectivity index (χ0n) is 14.7. The number of nitrogens with one attached hydrogen (secondary N) is 1. The zero-order chi connectivity index (χ0) is 16.8. The summed E-state index contributed by atoms with van der Waals surface area (Å²) < 4.78 is 11.7. The van der Waals surface area contributed by atoms with Gasteiger partial charge in [0.1, 0.15) is 6.10 Å². The molecule has 0 radical (unpaired) electrons. The minimum absolute atomic E-state index is 0.165. The van der Waals surface area contributed by atoms with E-state index in [0.29, 0.717) is 0 Å². The first kappa shape index (κ1) is 17.6. The summed E-state index contributed by atoms with van der Waals surface area (Å²) in [5.41, 5.74) is 1.12. The topological polar surface area (TPSA) is 59.0 Å². The predicted octanol–water partition coefficient (Wildman–Crippen LogP) is 1.84.